The van der Waals surface area contributed by atoms with Gasteiger partial charge >= 0.3 is 7.12 Å². The topological polar surface area (TPSA) is 76.7 Å². The second-order valence-electron chi connectivity index (χ2n) is 12.7. The molecule has 4 fully saturated rings. The van der Waals surface area contributed by atoms with Crippen LogP contribution in [0.3, 0.4) is 0 Å². The fraction of sp³-hybridized carbons (Fsp3) is 0.548. The fourth-order valence-corrected chi connectivity index (χ4v) is 6.99. The first-order valence-corrected chi connectivity index (χ1v) is 14.1. The Morgan fingerprint density at radius 3 is 2.26 bits per heavy atom. The van der Waals surface area contributed by atoms with Gasteiger partial charge in [0.1, 0.15) is 6.04 Å². The van der Waals surface area contributed by atoms with E-state index in [0.717, 1.165) is 18.4 Å². The summed E-state index contributed by atoms with van der Waals surface area (Å²) < 4.78 is 13.3. The normalized spacial score (nSPS) is 28.7. The van der Waals surface area contributed by atoms with Crippen molar-refractivity contribution in [3.05, 3.63) is 71.8 Å². The standard InChI is InChI=1S/C31H41BN2O4/c1-20(2)16-27(32-37-26-19-23-18-25(30(23,3)4)31(26,5)38-32)34-29(36)24(17-21-12-8-6-9-13-21)33-28(35)22-14-10-7-11-15-22/h6-15,20,23-27H,16-19H2,1-5H3,(H,33,35)(H,34,36)/t23-,24+,25-,26+,27-,31-/m1/s1. The van der Waals surface area contributed by atoms with E-state index >= 15 is 0 Å². The van der Waals surface area contributed by atoms with Crippen molar-refractivity contribution in [1.82, 2.24) is 10.6 Å². The summed E-state index contributed by atoms with van der Waals surface area (Å²) in [5.74, 6) is 0.651. The minimum absolute atomic E-state index is 0.0498. The van der Waals surface area contributed by atoms with E-state index in [1.54, 1.807) is 12.1 Å². The van der Waals surface area contributed by atoms with E-state index < -0.39 is 13.2 Å². The molecule has 3 aliphatic carbocycles. The number of carbonyl (C=O) groups is 2. The molecule has 1 saturated heterocycles. The van der Waals surface area contributed by atoms with Gasteiger partial charge in [-0.25, -0.2) is 0 Å². The van der Waals surface area contributed by atoms with Crippen molar-refractivity contribution in [1.29, 1.82) is 0 Å². The highest BCUT2D eigenvalue weighted by molar-refractivity contribution is 6.48. The van der Waals surface area contributed by atoms with Crippen LogP contribution in [-0.2, 0) is 20.5 Å². The minimum atomic E-state index is -0.731. The lowest BCUT2D eigenvalue weighted by molar-refractivity contribution is -0.199. The Kier molecular flexibility index (Phi) is 7.45. The van der Waals surface area contributed by atoms with Crippen molar-refractivity contribution in [3.8, 4) is 0 Å². The molecule has 0 aromatic heterocycles. The molecule has 0 radical (unpaired) electrons. The van der Waals surface area contributed by atoms with Gasteiger partial charge < -0.3 is 19.9 Å². The average Bonchev–Trinajstić information content (AvgIpc) is 3.26. The van der Waals surface area contributed by atoms with Crippen LogP contribution in [0.4, 0.5) is 0 Å². The van der Waals surface area contributed by atoms with Crippen LogP contribution in [0.5, 0.6) is 0 Å². The minimum Gasteiger partial charge on any atom is -0.404 e. The number of hydrogen-bond acceptors (Lipinski definition) is 4. The van der Waals surface area contributed by atoms with Gasteiger partial charge in [-0.1, -0.05) is 76.2 Å². The first kappa shape index (κ1) is 27.0. The Balaban J connectivity index is 1.34. The summed E-state index contributed by atoms with van der Waals surface area (Å²) >= 11 is 0. The second kappa shape index (κ2) is 10.5. The average molecular weight is 516 g/mol. The molecule has 6 nitrogen and oxygen atoms in total. The van der Waals surface area contributed by atoms with Gasteiger partial charge in [-0.3, -0.25) is 9.59 Å². The van der Waals surface area contributed by atoms with Gasteiger partial charge in [0.15, 0.2) is 0 Å². The maximum Gasteiger partial charge on any atom is 0.481 e. The molecule has 3 saturated carbocycles. The van der Waals surface area contributed by atoms with Gasteiger partial charge in [0, 0.05) is 12.0 Å². The van der Waals surface area contributed by atoms with Crippen molar-refractivity contribution in [2.24, 2.45) is 23.2 Å². The van der Waals surface area contributed by atoms with Gasteiger partial charge in [0.2, 0.25) is 5.91 Å². The van der Waals surface area contributed by atoms with Crippen LogP contribution < -0.4 is 10.6 Å². The Bertz CT molecular complexity index is 1140. The second-order valence-corrected chi connectivity index (χ2v) is 12.7. The Morgan fingerprint density at radius 2 is 1.63 bits per heavy atom. The van der Waals surface area contributed by atoms with E-state index in [0.29, 0.717) is 29.7 Å². The number of carbonyl (C=O) groups excluding carboxylic acids is 2. The molecule has 202 valence electrons. The summed E-state index contributed by atoms with van der Waals surface area (Å²) in [5, 5.41) is 6.22. The van der Waals surface area contributed by atoms with Crippen LogP contribution in [0.1, 0.15) is 69.8 Å². The molecule has 7 heteroatoms. The third-order valence-corrected chi connectivity index (χ3v) is 9.29. The highest BCUT2D eigenvalue weighted by Gasteiger charge is 2.68. The molecule has 6 atom stereocenters. The number of rotatable bonds is 9. The highest BCUT2D eigenvalue weighted by Crippen LogP contribution is 2.65. The predicted molar refractivity (Wildman–Crippen MR) is 149 cm³/mol. The van der Waals surface area contributed by atoms with Gasteiger partial charge in [-0.15, -0.1) is 0 Å². The molecule has 6 rings (SSSR count). The molecule has 1 heterocycles. The Hall–Kier alpha value is -2.64. The van der Waals surface area contributed by atoms with E-state index in [4.69, 9.17) is 9.31 Å². The lowest BCUT2D eigenvalue weighted by atomic mass is 9.43. The highest BCUT2D eigenvalue weighted by atomic mass is 16.7. The SMILES string of the molecule is CC(C)C[C@@H](NC(=O)[C@H](Cc1ccccc1)NC(=O)c1ccccc1)B1O[C@H]2C[C@H]3C[C@H](C3(C)C)[C@@]2(C)O1. The summed E-state index contributed by atoms with van der Waals surface area (Å²) in [6.07, 6.45) is 3.35. The molecule has 2 N–H and O–H groups in total. The molecular weight excluding hydrogens is 475 g/mol. The molecular formula is C31H41BN2O4. The fourth-order valence-electron chi connectivity index (χ4n) is 6.99. The van der Waals surface area contributed by atoms with Crippen LogP contribution in [0.2, 0.25) is 0 Å². The summed E-state index contributed by atoms with van der Waals surface area (Å²) in [6, 6.07) is 18.1. The van der Waals surface area contributed by atoms with Crippen molar-refractivity contribution < 1.29 is 18.9 Å². The summed E-state index contributed by atoms with van der Waals surface area (Å²) in [4.78, 5) is 26.8. The van der Waals surface area contributed by atoms with Gasteiger partial charge in [-0.2, -0.15) is 0 Å². The van der Waals surface area contributed by atoms with E-state index in [9.17, 15) is 9.59 Å². The van der Waals surface area contributed by atoms with Crippen LogP contribution in [-0.4, -0.2) is 42.6 Å². The molecule has 2 bridgehead atoms. The van der Waals surface area contributed by atoms with E-state index in [1.807, 2.05) is 48.5 Å². The summed E-state index contributed by atoms with van der Waals surface area (Å²) in [7, 11) is -0.506. The van der Waals surface area contributed by atoms with Crippen LogP contribution in [0.15, 0.2) is 60.7 Å². The first-order chi connectivity index (χ1) is 18.1. The van der Waals surface area contributed by atoms with Crippen molar-refractivity contribution >= 4 is 18.9 Å². The third-order valence-electron chi connectivity index (χ3n) is 9.29. The van der Waals surface area contributed by atoms with Gasteiger partial charge in [0.05, 0.1) is 17.6 Å². The van der Waals surface area contributed by atoms with Crippen LogP contribution in [0, 0.1) is 23.2 Å². The van der Waals surface area contributed by atoms with Crippen LogP contribution in [0.25, 0.3) is 0 Å². The molecule has 2 aromatic rings. The van der Waals surface area contributed by atoms with Crippen molar-refractivity contribution in [3.63, 3.8) is 0 Å². The van der Waals surface area contributed by atoms with E-state index in [1.165, 1.54) is 6.42 Å². The molecule has 0 unspecified atom stereocenters. The molecule has 38 heavy (non-hydrogen) atoms. The zero-order chi connectivity index (χ0) is 27.1. The van der Waals surface area contributed by atoms with Crippen molar-refractivity contribution in [2.75, 3.05) is 0 Å². The van der Waals surface area contributed by atoms with Crippen molar-refractivity contribution in [2.45, 2.75) is 84.0 Å². The molecule has 2 aromatic carbocycles. The van der Waals surface area contributed by atoms with Gasteiger partial charge in [0.25, 0.3) is 5.91 Å². The quantitative estimate of drug-likeness (QED) is 0.469. The maximum absolute atomic E-state index is 13.8. The number of hydrogen-bond donors (Lipinski definition) is 2. The molecule has 0 spiro atoms. The molecule has 4 aliphatic rings. The lowest BCUT2D eigenvalue weighted by Crippen LogP contribution is -2.65. The summed E-state index contributed by atoms with van der Waals surface area (Å²) in [6.45, 7) is 11.2. The lowest BCUT2D eigenvalue weighted by Gasteiger charge is -2.64. The number of benzene rings is 2. The Morgan fingerprint density at radius 1 is 0.974 bits per heavy atom. The third kappa shape index (κ3) is 5.15. The smallest absolute Gasteiger partial charge is 0.404 e. The molecule has 2 amide bonds. The molecule has 1 aliphatic heterocycles. The van der Waals surface area contributed by atoms with Gasteiger partial charge in [-0.05, 0) is 67.1 Å². The van der Waals surface area contributed by atoms with Crippen LogP contribution >= 0.6 is 0 Å². The number of amides is 2. The number of nitrogens with one attached hydrogen (secondary N) is 2. The zero-order valence-corrected chi connectivity index (χ0v) is 23.3. The predicted octanol–water partition coefficient (Wildman–Crippen LogP) is 4.83. The maximum atomic E-state index is 13.8. The first-order valence-electron chi connectivity index (χ1n) is 14.1. The summed E-state index contributed by atoms with van der Waals surface area (Å²) in [5.41, 5.74) is 1.42. The largest absolute Gasteiger partial charge is 0.481 e. The monoisotopic (exact) mass is 516 g/mol. The Labute approximate surface area is 227 Å². The zero-order valence-electron chi connectivity index (χ0n) is 23.3. The van der Waals surface area contributed by atoms with E-state index in [2.05, 4.69) is 45.3 Å². The van der Waals surface area contributed by atoms with E-state index in [-0.39, 0.29) is 34.9 Å².